The van der Waals surface area contributed by atoms with Crippen molar-refractivity contribution in [1.82, 2.24) is 14.9 Å². The third-order valence-corrected chi connectivity index (χ3v) is 3.96. The summed E-state index contributed by atoms with van der Waals surface area (Å²) in [6.45, 7) is 0.102. The van der Waals surface area contributed by atoms with Crippen molar-refractivity contribution in [1.29, 1.82) is 0 Å². The van der Waals surface area contributed by atoms with Crippen LogP contribution in [-0.2, 0) is 0 Å². The Hall–Kier alpha value is -2.29. The summed E-state index contributed by atoms with van der Waals surface area (Å²) in [5.41, 5.74) is 1.09. The van der Waals surface area contributed by atoms with E-state index in [-0.39, 0.29) is 19.2 Å². The Morgan fingerprint density at radius 1 is 1.32 bits per heavy atom. The first kappa shape index (κ1) is 19.0. The summed E-state index contributed by atoms with van der Waals surface area (Å²) in [7, 11) is 3.25. The molecule has 2 amide bonds. The number of aromatic nitrogens is 2. The number of carbonyl (C=O) groups excluding carboxylic acids is 1. The largest absolute Gasteiger partial charge is 0.395 e. The van der Waals surface area contributed by atoms with Crippen LogP contribution in [-0.4, -0.2) is 53.3 Å². The molecule has 0 fully saturated rings. The van der Waals surface area contributed by atoms with Gasteiger partial charge in [-0.05, 0) is 18.2 Å². The van der Waals surface area contributed by atoms with E-state index in [0.29, 0.717) is 33.2 Å². The molecule has 25 heavy (non-hydrogen) atoms. The van der Waals surface area contributed by atoms with Crippen molar-refractivity contribution in [2.24, 2.45) is 0 Å². The Labute approximate surface area is 155 Å². The molecule has 0 spiro atoms. The van der Waals surface area contributed by atoms with Crippen molar-refractivity contribution in [2.45, 2.75) is 0 Å². The number of nitrogens with one attached hydrogen (secondary N) is 3. The van der Waals surface area contributed by atoms with E-state index in [1.165, 1.54) is 11.1 Å². The highest BCUT2D eigenvalue weighted by Gasteiger charge is 2.13. The van der Waals surface area contributed by atoms with Crippen molar-refractivity contribution in [3.05, 3.63) is 34.4 Å². The van der Waals surface area contributed by atoms with Crippen LogP contribution in [0.25, 0.3) is 0 Å². The molecule has 0 aliphatic carbocycles. The topological polar surface area (TPSA) is 102 Å². The van der Waals surface area contributed by atoms with Crippen LogP contribution < -0.4 is 16.0 Å². The van der Waals surface area contributed by atoms with E-state index in [1.807, 2.05) is 0 Å². The number of aliphatic hydroxyl groups excluding tert-OH is 1. The fraction of sp³-hybridized carbons (Fsp3) is 0.267. The minimum absolute atomic E-state index is 0.119. The summed E-state index contributed by atoms with van der Waals surface area (Å²) in [5, 5.41) is 18.3. The summed E-state index contributed by atoms with van der Waals surface area (Å²) >= 11 is 11.9. The number of hydrogen-bond donors (Lipinski definition) is 4. The summed E-state index contributed by atoms with van der Waals surface area (Å²) in [4.78, 5) is 21.8. The highest BCUT2D eigenvalue weighted by Crippen LogP contribution is 2.27. The molecule has 2 aromatic rings. The molecule has 1 aromatic heterocycles. The van der Waals surface area contributed by atoms with E-state index in [1.54, 1.807) is 32.3 Å². The van der Waals surface area contributed by atoms with Crippen LogP contribution in [0.5, 0.6) is 0 Å². The average molecular weight is 385 g/mol. The summed E-state index contributed by atoms with van der Waals surface area (Å²) in [6.07, 6.45) is 1.48. The standard InChI is InChI=1S/C15H18Cl2N6O2/c1-18-13-12(21-15(25)23(2)5-6-24)8-19-14(22-13)20-9-3-4-10(16)11(17)7-9/h3-4,7-8,24H,5-6H2,1-2H3,(H,21,25)(H2,18,19,20,22). The number of nitrogens with zero attached hydrogens (tertiary/aromatic N) is 3. The zero-order valence-corrected chi connectivity index (χ0v) is 15.2. The van der Waals surface area contributed by atoms with Crippen LogP contribution in [0.15, 0.2) is 24.4 Å². The third-order valence-electron chi connectivity index (χ3n) is 3.23. The number of likely N-dealkylation sites (N-methyl/N-ethyl adjacent to an activating group) is 1. The molecular formula is C15H18Cl2N6O2. The van der Waals surface area contributed by atoms with Crippen LogP contribution in [0.3, 0.4) is 0 Å². The van der Waals surface area contributed by atoms with Crippen LogP contribution in [0.2, 0.25) is 10.0 Å². The fourth-order valence-corrected chi connectivity index (χ4v) is 2.19. The van der Waals surface area contributed by atoms with Gasteiger partial charge in [0.05, 0.1) is 22.8 Å². The SMILES string of the molecule is CNc1nc(Nc2ccc(Cl)c(Cl)c2)ncc1NC(=O)N(C)CCO. The van der Waals surface area contributed by atoms with Gasteiger partial charge in [0, 0.05) is 26.3 Å². The fourth-order valence-electron chi connectivity index (χ4n) is 1.89. The second-order valence-corrected chi connectivity index (χ2v) is 5.85. The summed E-state index contributed by atoms with van der Waals surface area (Å²) in [5.74, 6) is 0.757. The van der Waals surface area contributed by atoms with Gasteiger partial charge in [0.2, 0.25) is 5.95 Å². The Morgan fingerprint density at radius 2 is 2.08 bits per heavy atom. The second-order valence-electron chi connectivity index (χ2n) is 5.04. The first-order valence-corrected chi connectivity index (χ1v) is 8.10. The molecule has 0 unspecified atom stereocenters. The van der Waals surface area contributed by atoms with E-state index in [4.69, 9.17) is 28.3 Å². The summed E-state index contributed by atoms with van der Waals surface area (Å²) < 4.78 is 0. The molecule has 0 radical (unpaired) electrons. The highest BCUT2D eigenvalue weighted by molar-refractivity contribution is 6.42. The van der Waals surface area contributed by atoms with E-state index in [9.17, 15) is 4.79 Å². The number of anilines is 4. The predicted octanol–water partition coefficient (Wildman–Crippen LogP) is 3.02. The maximum absolute atomic E-state index is 12.0. The molecule has 0 aliphatic heterocycles. The van der Waals surface area contributed by atoms with Gasteiger partial charge in [-0.15, -0.1) is 0 Å². The molecule has 0 atom stereocenters. The van der Waals surface area contributed by atoms with Crippen molar-refractivity contribution >= 4 is 52.4 Å². The molecular weight excluding hydrogens is 367 g/mol. The number of amides is 2. The quantitative estimate of drug-likeness (QED) is 0.610. The molecule has 0 aliphatic rings. The number of urea groups is 1. The Kier molecular flexibility index (Phi) is 6.63. The molecule has 8 nitrogen and oxygen atoms in total. The number of benzene rings is 1. The van der Waals surface area contributed by atoms with Crippen LogP contribution in [0, 0.1) is 0 Å². The van der Waals surface area contributed by atoms with Gasteiger partial charge < -0.3 is 26.0 Å². The monoisotopic (exact) mass is 384 g/mol. The van der Waals surface area contributed by atoms with Gasteiger partial charge >= 0.3 is 6.03 Å². The predicted molar refractivity (Wildman–Crippen MR) is 100 cm³/mol. The number of hydrogen-bond acceptors (Lipinski definition) is 6. The van der Waals surface area contributed by atoms with E-state index in [2.05, 4.69) is 25.9 Å². The lowest BCUT2D eigenvalue weighted by atomic mass is 10.3. The highest BCUT2D eigenvalue weighted by atomic mass is 35.5. The van der Waals surface area contributed by atoms with E-state index in [0.717, 1.165) is 0 Å². The summed E-state index contributed by atoms with van der Waals surface area (Å²) in [6, 6.07) is 4.69. The Bertz CT molecular complexity index is 759. The van der Waals surface area contributed by atoms with Gasteiger partial charge in [-0.25, -0.2) is 9.78 Å². The van der Waals surface area contributed by atoms with Crippen LogP contribution in [0.4, 0.5) is 27.9 Å². The van der Waals surface area contributed by atoms with Crippen molar-refractivity contribution in [2.75, 3.05) is 43.2 Å². The van der Waals surface area contributed by atoms with Gasteiger partial charge in [0.25, 0.3) is 0 Å². The molecule has 0 saturated carbocycles. The first-order chi connectivity index (χ1) is 11.9. The lowest BCUT2D eigenvalue weighted by molar-refractivity contribution is 0.202. The van der Waals surface area contributed by atoms with E-state index < -0.39 is 0 Å². The van der Waals surface area contributed by atoms with Crippen molar-refractivity contribution < 1.29 is 9.90 Å². The van der Waals surface area contributed by atoms with Gasteiger partial charge in [-0.1, -0.05) is 23.2 Å². The lowest BCUT2D eigenvalue weighted by Gasteiger charge is -2.18. The number of carbonyl (C=O) groups is 1. The normalized spacial score (nSPS) is 10.3. The lowest BCUT2D eigenvalue weighted by Crippen LogP contribution is -2.33. The van der Waals surface area contributed by atoms with Gasteiger partial charge in [-0.2, -0.15) is 4.98 Å². The zero-order valence-electron chi connectivity index (χ0n) is 13.7. The van der Waals surface area contributed by atoms with Crippen molar-refractivity contribution in [3.63, 3.8) is 0 Å². The third kappa shape index (κ3) is 5.09. The Balaban J connectivity index is 2.15. The van der Waals surface area contributed by atoms with Gasteiger partial charge in [0.1, 0.15) is 5.69 Å². The minimum atomic E-state index is -0.376. The van der Waals surface area contributed by atoms with Gasteiger partial charge in [0.15, 0.2) is 5.82 Å². The smallest absolute Gasteiger partial charge is 0.321 e. The van der Waals surface area contributed by atoms with Gasteiger partial charge in [-0.3, -0.25) is 0 Å². The minimum Gasteiger partial charge on any atom is -0.395 e. The Morgan fingerprint density at radius 3 is 2.72 bits per heavy atom. The maximum atomic E-state index is 12.0. The maximum Gasteiger partial charge on any atom is 0.321 e. The van der Waals surface area contributed by atoms with E-state index >= 15 is 0 Å². The molecule has 0 bridgehead atoms. The first-order valence-electron chi connectivity index (χ1n) is 7.34. The second kappa shape index (κ2) is 8.70. The number of aliphatic hydroxyl groups is 1. The average Bonchev–Trinajstić information content (AvgIpc) is 2.59. The molecule has 1 aromatic carbocycles. The zero-order chi connectivity index (χ0) is 18.4. The molecule has 1 heterocycles. The molecule has 4 N–H and O–H groups in total. The van der Waals surface area contributed by atoms with Crippen LogP contribution >= 0.6 is 23.2 Å². The molecule has 10 heteroatoms. The number of halogens is 2. The number of rotatable bonds is 6. The molecule has 2 rings (SSSR count). The van der Waals surface area contributed by atoms with Crippen molar-refractivity contribution in [3.8, 4) is 0 Å². The molecule has 0 saturated heterocycles. The van der Waals surface area contributed by atoms with Crippen LogP contribution in [0.1, 0.15) is 0 Å². The molecule has 134 valence electrons.